The van der Waals surface area contributed by atoms with Gasteiger partial charge in [0.1, 0.15) is 6.29 Å². The third kappa shape index (κ3) is 2.31. The minimum Gasteiger partial charge on any atom is -0.361 e. The number of aromatic nitrogens is 1. The highest BCUT2D eigenvalue weighted by atomic mass is 16.1. The summed E-state index contributed by atoms with van der Waals surface area (Å²) in [7, 11) is 1.96. The highest BCUT2D eigenvalue weighted by Crippen LogP contribution is 2.17. The molecular weight excluding hydrogens is 200 g/mol. The van der Waals surface area contributed by atoms with Gasteiger partial charge in [-0.2, -0.15) is 0 Å². The second kappa shape index (κ2) is 4.94. The predicted octanol–water partition coefficient (Wildman–Crippen LogP) is 1.84. The van der Waals surface area contributed by atoms with Gasteiger partial charge in [0, 0.05) is 23.6 Å². The highest BCUT2D eigenvalue weighted by Gasteiger charge is 2.04. The number of H-pyrrole nitrogens is 1. The molecule has 16 heavy (non-hydrogen) atoms. The second-order valence-corrected chi connectivity index (χ2v) is 4.04. The number of rotatable bonds is 5. The highest BCUT2D eigenvalue weighted by molar-refractivity contribution is 5.83. The van der Waals surface area contributed by atoms with Gasteiger partial charge in [-0.05, 0) is 25.1 Å². The van der Waals surface area contributed by atoms with Crippen LogP contribution in [0.2, 0.25) is 0 Å². The van der Waals surface area contributed by atoms with Crippen LogP contribution in [-0.2, 0) is 11.2 Å². The Morgan fingerprint density at radius 1 is 1.38 bits per heavy atom. The first kappa shape index (κ1) is 10.9. The molecule has 0 saturated heterocycles. The fraction of sp³-hybridized carbons (Fsp3) is 0.308. The van der Waals surface area contributed by atoms with Crippen molar-refractivity contribution in [3.63, 3.8) is 0 Å². The Morgan fingerprint density at radius 3 is 3.00 bits per heavy atom. The zero-order chi connectivity index (χ0) is 11.4. The molecule has 0 saturated carbocycles. The summed E-state index contributed by atoms with van der Waals surface area (Å²) in [5.74, 6) is 0. The number of aromatic amines is 1. The molecule has 1 heterocycles. The molecule has 0 atom stereocenters. The van der Waals surface area contributed by atoms with E-state index in [1.54, 1.807) is 0 Å². The molecule has 1 aromatic carbocycles. The first-order valence-corrected chi connectivity index (χ1v) is 5.48. The number of hydrogen-bond donors (Lipinski definition) is 1. The zero-order valence-electron chi connectivity index (χ0n) is 9.44. The molecule has 0 radical (unpaired) electrons. The van der Waals surface area contributed by atoms with Gasteiger partial charge in [-0.15, -0.1) is 0 Å². The minimum absolute atomic E-state index is 0.502. The van der Waals surface area contributed by atoms with Gasteiger partial charge >= 0.3 is 0 Å². The van der Waals surface area contributed by atoms with Gasteiger partial charge in [0.05, 0.1) is 6.54 Å². The van der Waals surface area contributed by atoms with Crippen molar-refractivity contribution < 1.29 is 4.79 Å². The number of carbonyl (C=O) groups is 1. The van der Waals surface area contributed by atoms with Gasteiger partial charge in [0.15, 0.2) is 0 Å². The minimum atomic E-state index is 0.502. The van der Waals surface area contributed by atoms with Crippen molar-refractivity contribution in [2.24, 2.45) is 0 Å². The predicted molar refractivity (Wildman–Crippen MR) is 65.6 cm³/mol. The largest absolute Gasteiger partial charge is 0.361 e. The quantitative estimate of drug-likeness (QED) is 0.774. The topological polar surface area (TPSA) is 36.1 Å². The lowest BCUT2D eigenvalue weighted by Crippen LogP contribution is -2.23. The fourth-order valence-corrected chi connectivity index (χ4v) is 1.87. The lowest BCUT2D eigenvalue weighted by atomic mass is 10.1. The number of nitrogens with one attached hydrogen (secondary N) is 1. The standard InChI is InChI=1S/C13H16N2O/c1-15(8-9-16)7-6-11-10-14-13-5-3-2-4-12(11)13/h2-5,9-10,14H,6-8H2,1H3. The summed E-state index contributed by atoms with van der Waals surface area (Å²) < 4.78 is 0. The number of para-hydroxylation sites is 1. The van der Waals surface area contributed by atoms with Crippen LogP contribution in [0.15, 0.2) is 30.5 Å². The van der Waals surface area contributed by atoms with E-state index >= 15 is 0 Å². The van der Waals surface area contributed by atoms with Crippen LogP contribution >= 0.6 is 0 Å². The third-order valence-corrected chi connectivity index (χ3v) is 2.82. The molecule has 1 aromatic heterocycles. The molecule has 3 nitrogen and oxygen atoms in total. The second-order valence-electron chi connectivity index (χ2n) is 4.04. The van der Waals surface area contributed by atoms with Crippen LogP contribution < -0.4 is 0 Å². The Bertz CT molecular complexity index is 475. The average molecular weight is 216 g/mol. The van der Waals surface area contributed by atoms with Crippen LogP contribution in [0.3, 0.4) is 0 Å². The van der Waals surface area contributed by atoms with Crippen molar-refractivity contribution in [2.45, 2.75) is 6.42 Å². The van der Waals surface area contributed by atoms with Crippen molar-refractivity contribution >= 4 is 17.2 Å². The molecule has 0 unspecified atom stereocenters. The van der Waals surface area contributed by atoms with Crippen molar-refractivity contribution in [2.75, 3.05) is 20.1 Å². The molecule has 0 bridgehead atoms. The van der Waals surface area contributed by atoms with Crippen LogP contribution in [0.5, 0.6) is 0 Å². The summed E-state index contributed by atoms with van der Waals surface area (Å²) in [5, 5.41) is 1.28. The molecule has 0 spiro atoms. The van der Waals surface area contributed by atoms with Crippen molar-refractivity contribution in [1.29, 1.82) is 0 Å². The Kier molecular flexibility index (Phi) is 3.37. The van der Waals surface area contributed by atoms with Crippen molar-refractivity contribution in [1.82, 2.24) is 9.88 Å². The molecule has 0 aliphatic carbocycles. The summed E-state index contributed by atoms with van der Waals surface area (Å²) in [4.78, 5) is 15.6. The van der Waals surface area contributed by atoms with Gasteiger partial charge in [0.2, 0.25) is 0 Å². The fourth-order valence-electron chi connectivity index (χ4n) is 1.87. The number of nitrogens with zero attached hydrogens (tertiary/aromatic N) is 1. The normalized spacial score (nSPS) is 11.1. The summed E-state index contributed by atoms with van der Waals surface area (Å²) in [6, 6.07) is 8.28. The number of benzene rings is 1. The van der Waals surface area contributed by atoms with Gasteiger partial charge in [0.25, 0.3) is 0 Å². The number of hydrogen-bond acceptors (Lipinski definition) is 2. The number of likely N-dealkylation sites (N-methyl/N-ethyl adjacent to an activating group) is 1. The van der Waals surface area contributed by atoms with Crippen LogP contribution in [0.4, 0.5) is 0 Å². The van der Waals surface area contributed by atoms with E-state index in [1.807, 2.05) is 18.0 Å². The van der Waals surface area contributed by atoms with Gasteiger partial charge in [-0.25, -0.2) is 0 Å². The van der Waals surface area contributed by atoms with Gasteiger partial charge in [-0.1, -0.05) is 18.2 Å². The van der Waals surface area contributed by atoms with Gasteiger partial charge < -0.3 is 9.78 Å². The molecule has 0 aliphatic rings. The first-order valence-electron chi connectivity index (χ1n) is 5.48. The average Bonchev–Trinajstić information content (AvgIpc) is 2.70. The number of fused-ring (bicyclic) bond motifs is 1. The Labute approximate surface area is 95.1 Å². The van der Waals surface area contributed by atoms with E-state index in [9.17, 15) is 4.79 Å². The molecule has 1 N–H and O–H groups in total. The van der Waals surface area contributed by atoms with Crippen molar-refractivity contribution in [3.8, 4) is 0 Å². The maximum atomic E-state index is 10.3. The molecule has 0 fully saturated rings. The molecule has 84 valence electrons. The van der Waals surface area contributed by atoms with E-state index < -0.39 is 0 Å². The van der Waals surface area contributed by atoms with E-state index in [1.165, 1.54) is 16.5 Å². The lowest BCUT2D eigenvalue weighted by Gasteiger charge is -2.11. The SMILES string of the molecule is CN(CC=O)CCc1c[nH]c2ccccc12. The third-order valence-electron chi connectivity index (χ3n) is 2.82. The molecule has 0 amide bonds. The summed E-state index contributed by atoms with van der Waals surface area (Å²) in [5.41, 5.74) is 2.49. The Balaban J connectivity index is 2.07. The molecule has 0 aliphatic heterocycles. The molecular formula is C13H16N2O. The Hall–Kier alpha value is -1.61. The molecule has 3 heteroatoms. The summed E-state index contributed by atoms with van der Waals surface area (Å²) in [6.45, 7) is 1.41. The van der Waals surface area contributed by atoms with Crippen LogP contribution in [0, 0.1) is 0 Å². The molecule has 2 aromatic rings. The zero-order valence-corrected chi connectivity index (χ0v) is 9.44. The smallest absolute Gasteiger partial charge is 0.133 e. The van der Waals surface area contributed by atoms with Crippen molar-refractivity contribution in [3.05, 3.63) is 36.0 Å². The van der Waals surface area contributed by atoms with E-state index in [0.29, 0.717) is 6.54 Å². The number of carbonyl (C=O) groups excluding carboxylic acids is 1. The van der Waals surface area contributed by atoms with Gasteiger partial charge in [-0.3, -0.25) is 4.90 Å². The monoisotopic (exact) mass is 216 g/mol. The summed E-state index contributed by atoms with van der Waals surface area (Å²) >= 11 is 0. The lowest BCUT2D eigenvalue weighted by molar-refractivity contribution is -0.108. The van der Waals surface area contributed by atoms with Crippen LogP contribution in [-0.4, -0.2) is 36.3 Å². The summed E-state index contributed by atoms with van der Waals surface area (Å²) in [6.07, 6.45) is 3.96. The van der Waals surface area contributed by atoms with E-state index in [0.717, 1.165) is 19.3 Å². The maximum Gasteiger partial charge on any atom is 0.133 e. The van der Waals surface area contributed by atoms with E-state index in [2.05, 4.69) is 29.4 Å². The van der Waals surface area contributed by atoms with Crippen LogP contribution in [0.25, 0.3) is 10.9 Å². The number of aldehydes is 1. The Morgan fingerprint density at radius 2 is 2.19 bits per heavy atom. The van der Waals surface area contributed by atoms with E-state index in [4.69, 9.17) is 0 Å². The van der Waals surface area contributed by atoms with E-state index in [-0.39, 0.29) is 0 Å². The molecule has 2 rings (SSSR count). The van der Waals surface area contributed by atoms with Crippen LogP contribution in [0.1, 0.15) is 5.56 Å². The first-order chi connectivity index (χ1) is 7.81. The maximum absolute atomic E-state index is 10.3.